The molecule has 0 fully saturated rings. The number of esters is 1. The summed E-state index contributed by atoms with van der Waals surface area (Å²) in [4.78, 5) is 49.5. The number of hydrogen-bond acceptors (Lipinski definition) is 5. The maximum Gasteiger partial charge on any atom is 0.339 e. The number of carbonyl (C=O) groups is 4. The molecule has 0 saturated heterocycles. The van der Waals surface area contributed by atoms with Crippen LogP contribution in [0.25, 0.3) is 0 Å². The highest BCUT2D eigenvalue weighted by atomic mass is 16.5. The van der Waals surface area contributed by atoms with Crippen LogP contribution in [-0.2, 0) is 9.53 Å². The molecule has 0 aliphatic carbocycles. The monoisotopic (exact) mass is 430 g/mol. The fraction of sp³-hybridized carbons (Fsp3) is 0.120. The molecule has 162 valence electrons. The quantitative estimate of drug-likeness (QED) is 0.421. The van der Waals surface area contributed by atoms with Gasteiger partial charge in [0.25, 0.3) is 11.8 Å². The standard InChI is InChI=1S/C25H22N2O5/c1-2-26-24(30)18-11-8-12-19(15-18)27-22(28)16-32-25(31)21-14-7-6-13-20(21)23(29)17-9-4-3-5-10-17/h3-15H,2,16H2,1H3,(H,26,30)(H,27,28). The van der Waals surface area contributed by atoms with Crippen LogP contribution in [0.3, 0.4) is 0 Å². The van der Waals surface area contributed by atoms with E-state index in [1.54, 1.807) is 66.7 Å². The van der Waals surface area contributed by atoms with Crippen molar-refractivity contribution >= 4 is 29.3 Å². The molecule has 32 heavy (non-hydrogen) atoms. The Morgan fingerprint density at radius 1 is 0.781 bits per heavy atom. The predicted molar refractivity (Wildman–Crippen MR) is 120 cm³/mol. The Hall–Kier alpha value is -4.26. The molecule has 0 unspecified atom stereocenters. The van der Waals surface area contributed by atoms with Gasteiger partial charge in [-0.3, -0.25) is 14.4 Å². The number of ketones is 1. The van der Waals surface area contributed by atoms with E-state index in [1.807, 2.05) is 6.92 Å². The summed E-state index contributed by atoms with van der Waals surface area (Å²) >= 11 is 0. The Labute approximate surface area is 185 Å². The third-order valence-corrected chi connectivity index (χ3v) is 4.51. The van der Waals surface area contributed by atoms with Crippen molar-refractivity contribution in [1.82, 2.24) is 5.32 Å². The molecule has 0 spiro atoms. The molecule has 7 nitrogen and oxygen atoms in total. The van der Waals surface area contributed by atoms with Crippen LogP contribution in [0.4, 0.5) is 5.69 Å². The Morgan fingerprint density at radius 2 is 1.44 bits per heavy atom. The van der Waals surface area contributed by atoms with Crippen molar-refractivity contribution in [2.24, 2.45) is 0 Å². The zero-order valence-electron chi connectivity index (χ0n) is 17.5. The van der Waals surface area contributed by atoms with Gasteiger partial charge in [-0.15, -0.1) is 0 Å². The van der Waals surface area contributed by atoms with Gasteiger partial charge in [-0.1, -0.05) is 54.6 Å². The van der Waals surface area contributed by atoms with Gasteiger partial charge < -0.3 is 15.4 Å². The van der Waals surface area contributed by atoms with Crippen molar-refractivity contribution in [3.05, 3.63) is 101 Å². The number of rotatable bonds is 8. The van der Waals surface area contributed by atoms with Gasteiger partial charge >= 0.3 is 5.97 Å². The minimum absolute atomic E-state index is 0.0763. The lowest BCUT2D eigenvalue weighted by atomic mass is 9.98. The van der Waals surface area contributed by atoms with Gasteiger partial charge in [0, 0.05) is 28.9 Å². The van der Waals surface area contributed by atoms with Gasteiger partial charge in [0.15, 0.2) is 12.4 Å². The summed E-state index contributed by atoms with van der Waals surface area (Å²) in [6.07, 6.45) is 0. The second-order valence-electron chi connectivity index (χ2n) is 6.81. The summed E-state index contributed by atoms with van der Waals surface area (Å²) in [5, 5.41) is 5.26. The van der Waals surface area contributed by atoms with E-state index in [9.17, 15) is 19.2 Å². The highest BCUT2D eigenvalue weighted by Crippen LogP contribution is 2.16. The van der Waals surface area contributed by atoms with Gasteiger partial charge in [-0.25, -0.2) is 4.79 Å². The van der Waals surface area contributed by atoms with E-state index in [0.29, 0.717) is 23.4 Å². The molecule has 0 saturated carbocycles. The van der Waals surface area contributed by atoms with Crippen molar-refractivity contribution in [2.45, 2.75) is 6.92 Å². The smallest absolute Gasteiger partial charge is 0.339 e. The van der Waals surface area contributed by atoms with E-state index in [0.717, 1.165) is 0 Å². The summed E-state index contributed by atoms with van der Waals surface area (Å²) in [6.45, 7) is 1.75. The summed E-state index contributed by atoms with van der Waals surface area (Å²) in [5.74, 6) is -1.92. The lowest BCUT2D eigenvalue weighted by Gasteiger charge is -2.10. The molecule has 0 heterocycles. The molecule has 0 aromatic heterocycles. The van der Waals surface area contributed by atoms with Crippen LogP contribution in [-0.4, -0.2) is 36.7 Å². The van der Waals surface area contributed by atoms with Crippen molar-refractivity contribution in [2.75, 3.05) is 18.5 Å². The highest BCUT2D eigenvalue weighted by molar-refractivity contribution is 6.14. The zero-order valence-corrected chi connectivity index (χ0v) is 17.5. The van der Waals surface area contributed by atoms with Gasteiger partial charge in [0.1, 0.15) is 0 Å². The molecule has 3 aromatic rings. The van der Waals surface area contributed by atoms with Crippen LogP contribution >= 0.6 is 0 Å². The maximum atomic E-state index is 12.8. The number of anilines is 1. The molecule has 3 aromatic carbocycles. The van der Waals surface area contributed by atoms with Crippen LogP contribution in [0.2, 0.25) is 0 Å². The summed E-state index contributed by atoms with van der Waals surface area (Å²) in [6, 6.07) is 21.3. The molecule has 2 N–H and O–H groups in total. The lowest BCUT2D eigenvalue weighted by Crippen LogP contribution is -2.24. The average molecular weight is 430 g/mol. The molecule has 0 radical (unpaired) electrons. The molecule has 0 aliphatic rings. The number of amides is 2. The summed E-state index contributed by atoms with van der Waals surface area (Å²) in [7, 11) is 0. The second-order valence-corrected chi connectivity index (χ2v) is 6.81. The van der Waals surface area contributed by atoms with Gasteiger partial charge in [0.2, 0.25) is 0 Å². The Balaban J connectivity index is 1.64. The van der Waals surface area contributed by atoms with Crippen LogP contribution in [0, 0.1) is 0 Å². The van der Waals surface area contributed by atoms with Gasteiger partial charge in [-0.2, -0.15) is 0 Å². The molecular weight excluding hydrogens is 408 g/mol. The van der Waals surface area contributed by atoms with E-state index in [4.69, 9.17) is 4.74 Å². The molecule has 0 aliphatic heterocycles. The first kappa shape index (κ1) is 22.4. The maximum absolute atomic E-state index is 12.8. The predicted octanol–water partition coefficient (Wildman–Crippen LogP) is 3.46. The molecule has 7 heteroatoms. The fourth-order valence-corrected chi connectivity index (χ4v) is 3.01. The van der Waals surface area contributed by atoms with Crippen LogP contribution in [0.15, 0.2) is 78.9 Å². The van der Waals surface area contributed by atoms with Crippen LogP contribution < -0.4 is 10.6 Å². The van der Waals surface area contributed by atoms with E-state index in [2.05, 4.69) is 10.6 Å². The fourth-order valence-electron chi connectivity index (χ4n) is 3.01. The Bertz CT molecular complexity index is 1140. The second kappa shape index (κ2) is 10.7. The summed E-state index contributed by atoms with van der Waals surface area (Å²) < 4.78 is 5.12. The SMILES string of the molecule is CCNC(=O)c1cccc(NC(=O)COC(=O)c2ccccc2C(=O)c2ccccc2)c1. The van der Waals surface area contributed by atoms with Crippen LogP contribution in [0.5, 0.6) is 0 Å². The Kier molecular flexibility index (Phi) is 7.48. The Morgan fingerprint density at radius 3 is 2.16 bits per heavy atom. The largest absolute Gasteiger partial charge is 0.452 e. The number of carbonyl (C=O) groups excluding carboxylic acids is 4. The third kappa shape index (κ3) is 5.66. The van der Waals surface area contributed by atoms with Crippen molar-refractivity contribution < 1.29 is 23.9 Å². The molecule has 2 amide bonds. The van der Waals surface area contributed by atoms with Gasteiger partial charge in [0.05, 0.1) is 5.56 Å². The average Bonchev–Trinajstić information content (AvgIpc) is 2.83. The normalized spacial score (nSPS) is 10.2. The molecule has 3 rings (SSSR count). The topological polar surface area (TPSA) is 102 Å². The zero-order chi connectivity index (χ0) is 22.9. The highest BCUT2D eigenvalue weighted by Gasteiger charge is 2.20. The van der Waals surface area contributed by atoms with Crippen molar-refractivity contribution in [3.63, 3.8) is 0 Å². The first-order valence-electron chi connectivity index (χ1n) is 10.0. The minimum atomic E-state index is -0.781. The minimum Gasteiger partial charge on any atom is -0.452 e. The van der Waals surface area contributed by atoms with E-state index >= 15 is 0 Å². The van der Waals surface area contributed by atoms with E-state index in [-0.39, 0.29) is 22.8 Å². The molecule has 0 bridgehead atoms. The first-order chi connectivity index (χ1) is 15.5. The third-order valence-electron chi connectivity index (χ3n) is 4.51. The number of ether oxygens (including phenoxy) is 1. The van der Waals surface area contributed by atoms with Crippen molar-refractivity contribution in [3.8, 4) is 0 Å². The van der Waals surface area contributed by atoms with E-state index < -0.39 is 18.5 Å². The molecule has 0 atom stereocenters. The van der Waals surface area contributed by atoms with Crippen LogP contribution in [0.1, 0.15) is 43.6 Å². The number of benzene rings is 3. The first-order valence-corrected chi connectivity index (χ1v) is 10.0. The van der Waals surface area contributed by atoms with Gasteiger partial charge in [-0.05, 0) is 31.2 Å². The molecular formula is C25H22N2O5. The number of nitrogens with one attached hydrogen (secondary N) is 2. The van der Waals surface area contributed by atoms with Crippen molar-refractivity contribution in [1.29, 1.82) is 0 Å². The lowest BCUT2D eigenvalue weighted by molar-refractivity contribution is -0.119. The summed E-state index contributed by atoms with van der Waals surface area (Å²) in [5.41, 5.74) is 1.51. The number of hydrogen-bond donors (Lipinski definition) is 2. The van der Waals surface area contributed by atoms with E-state index in [1.165, 1.54) is 12.1 Å².